The van der Waals surface area contributed by atoms with Crippen molar-refractivity contribution in [1.82, 2.24) is 15.1 Å². The highest BCUT2D eigenvalue weighted by Crippen LogP contribution is 2.43. The molecule has 2 saturated heterocycles. The van der Waals surface area contributed by atoms with Gasteiger partial charge in [-0.15, -0.1) is 0 Å². The molecule has 3 aliphatic rings. The molecule has 2 fully saturated rings. The van der Waals surface area contributed by atoms with Crippen molar-refractivity contribution in [2.75, 3.05) is 6.54 Å². The molecule has 2 aliphatic heterocycles. The molecule has 1 aliphatic carbocycles. The fourth-order valence-corrected chi connectivity index (χ4v) is 5.70. The lowest BCUT2D eigenvalue weighted by Gasteiger charge is -2.32. The quantitative estimate of drug-likeness (QED) is 0.315. The minimum absolute atomic E-state index is 0.201. The van der Waals surface area contributed by atoms with E-state index in [1.165, 1.54) is 12.1 Å². The standard InChI is InChI=1S/C29H32BF4N3O5/c1-17(29(32,33)34)36(15-18-9-11-20(31)12-10-18)22(38)16-37-24(39)28(35-25(37)40)14-13-19-7-6-8-21(23(19)28)30-41-26(2,3)27(4,5)42-30/h6-12,17H,13-16H2,1-5H3,(H,35,40)/t17-,28-/m0/s1. The van der Waals surface area contributed by atoms with Gasteiger partial charge in [0.2, 0.25) is 5.91 Å². The third-order valence-electron chi connectivity index (χ3n) is 8.88. The number of urea groups is 1. The van der Waals surface area contributed by atoms with Gasteiger partial charge in [0.05, 0.1) is 11.2 Å². The van der Waals surface area contributed by atoms with Crippen molar-refractivity contribution in [1.29, 1.82) is 0 Å². The van der Waals surface area contributed by atoms with E-state index in [1.54, 1.807) is 6.07 Å². The SMILES string of the molecule is C[C@H](N(Cc1ccc(F)cc1)C(=O)CN1C(=O)N[C@]2(CCc3cccc(B4OC(C)(C)C(C)(C)O4)c32)C1=O)C(F)(F)F. The van der Waals surface area contributed by atoms with E-state index in [0.717, 1.165) is 24.6 Å². The molecule has 2 atom stereocenters. The van der Waals surface area contributed by atoms with Gasteiger partial charge in [-0.25, -0.2) is 9.18 Å². The van der Waals surface area contributed by atoms with Crippen LogP contribution in [-0.4, -0.2) is 64.7 Å². The number of aryl methyl sites for hydroxylation is 1. The van der Waals surface area contributed by atoms with E-state index in [-0.39, 0.29) is 12.0 Å². The van der Waals surface area contributed by atoms with Gasteiger partial charge in [-0.3, -0.25) is 14.5 Å². The van der Waals surface area contributed by atoms with Crippen LogP contribution in [0.4, 0.5) is 22.4 Å². The van der Waals surface area contributed by atoms with Crippen LogP contribution in [0, 0.1) is 5.82 Å². The highest BCUT2D eigenvalue weighted by atomic mass is 19.4. The Hall–Kier alpha value is -3.45. The van der Waals surface area contributed by atoms with Gasteiger partial charge in [0.25, 0.3) is 5.91 Å². The number of nitrogens with one attached hydrogen (secondary N) is 1. The van der Waals surface area contributed by atoms with Crippen LogP contribution in [0.25, 0.3) is 0 Å². The molecule has 2 aromatic carbocycles. The summed E-state index contributed by atoms with van der Waals surface area (Å²) in [7, 11) is -0.834. The zero-order chi connectivity index (χ0) is 30.8. The number of carbonyl (C=O) groups is 3. The number of nitrogens with zero attached hydrogens (tertiary/aromatic N) is 2. The Kier molecular flexibility index (Phi) is 7.21. The smallest absolute Gasteiger partial charge is 0.399 e. The van der Waals surface area contributed by atoms with Gasteiger partial charge < -0.3 is 19.5 Å². The number of halogens is 4. The summed E-state index contributed by atoms with van der Waals surface area (Å²) in [5.74, 6) is -2.39. The number of rotatable bonds is 6. The molecule has 8 nitrogen and oxygen atoms in total. The second kappa shape index (κ2) is 10.1. The van der Waals surface area contributed by atoms with Crippen molar-refractivity contribution in [3.63, 3.8) is 0 Å². The Bertz CT molecular complexity index is 1420. The number of hydrogen-bond donors (Lipinski definition) is 1. The summed E-state index contributed by atoms with van der Waals surface area (Å²) in [5, 5.41) is 2.74. The van der Waals surface area contributed by atoms with Crippen molar-refractivity contribution >= 4 is 30.4 Å². The Morgan fingerprint density at radius 2 is 1.69 bits per heavy atom. The van der Waals surface area contributed by atoms with Gasteiger partial charge in [-0.1, -0.05) is 30.3 Å². The lowest BCUT2D eigenvalue weighted by Crippen LogP contribution is -2.51. The first-order valence-corrected chi connectivity index (χ1v) is 13.7. The number of alkyl halides is 3. The highest BCUT2D eigenvalue weighted by molar-refractivity contribution is 6.63. The van der Waals surface area contributed by atoms with Crippen molar-refractivity contribution in [3.8, 4) is 0 Å². The van der Waals surface area contributed by atoms with Crippen LogP contribution < -0.4 is 10.8 Å². The van der Waals surface area contributed by atoms with E-state index in [1.807, 2.05) is 39.8 Å². The van der Waals surface area contributed by atoms with Crippen LogP contribution in [-0.2, 0) is 37.4 Å². The average Bonchev–Trinajstić information content (AvgIpc) is 3.47. The minimum Gasteiger partial charge on any atom is -0.399 e. The number of hydrogen-bond acceptors (Lipinski definition) is 5. The molecule has 1 N–H and O–H groups in total. The number of fused-ring (bicyclic) bond motifs is 2. The first-order valence-electron chi connectivity index (χ1n) is 13.7. The summed E-state index contributed by atoms with van der Waals surface area (Å²) in [6, 6.07) is 6.99. The number of imide groups is 1. The molecule has 5 rings (SSSR count). The molecule has 0 bridgehead atoms. The Morgan fingerprint density at radius 3 is 2.29 bits per heavy atom. The third kappa shape index (κ3) is 4.96. The molecule has 2 aromatic rings. The van der Waals surface area contributed by atoms with Gasteiger partial charge >= 0.3 is 19.3 Å². The molecule has 13 heteroatoms. The fourth-order valence-electron chi connectivity index (χ4n) is 5.70. The van der Waals surface area contributed by atoms with Gasteiger partial charge in [-0.05, 0) is 81.7 Å². The topological polar surface area (TPSA) is 88.2 Å². The predicted octanol–water partition coefficient (Wildman–Crippen LogP) is 3.80. The van der Waals surface area contributed by atoms with Crippen molar-refractivity contribution in [2.45, 2.75) is 83.0 Å². The number of carbonyl (C=O) groups excluding carboxylic acids is 3. The monoisotopic (exact) mass is 589 g/mol. The summed E-state index contributed by atoms with van der Waals surface area (Å²) in [6.07, 6.45) is -4.14. The van der Waals surface area contributed by atoms with Gasteiger partial charge in [0.15, 0.2) is 0 Å². The molecular formula is C29H32BF4N3O5. The molecule has 42 heavy (non-hydrogen) atoms. The zero-order valence-corrected chi connectivity index (χ0v) is 24.0. The molecular weight excluding hydrogens is 557 g/mol. The van der Waals surface area contributed by atoms with Crippen molar-refractivity contribution < 1.29 is 41.3 Å². The first kappa shape index (κ1) is 30.0. The van der Waals surface area contributed by atoms with Crippen LogP contribution in [0.2, 0.25) is 0 Å². The van der Waals surface area contributed by atoms with Crippen LogP contribution in [0.15, 0.2) is 42.5 Å². The summed E-state index contributed by atoms with van der Waals surface area (Å²) >= 11 is 0. The number of benzene rings is 2. The first-order chi connectivity index (χ1) is 19.5. The normalized spacial score (nSPS) is 23.4. The van der Waals surface area contributed by atoms with Crippen molar-refractivity contribution in [2.24, 2.45) is 0 Å². The Morgan fingerprint density at radius 1 is 1.07 bits per heavy atom. The summed E-state index contributed by atoms with van der Waals surface area (Å²) in [5.41, 5.74) is -0.728. The van der Waals surface area contributed by atoms with Gasteiger partial charge in [-0.2, -0.15) is 13.2 Å². The molecule has 0 saturated carbocycles. The van der Waals surface area contributed by atoms with Gasteiger partial charge in [0.1, 0.15) is 23.9 Å². The largest absolute Gasteiger partial charge is 0.495 e. The van der Waals surface area contributed by atoms with Gasteiger partial charge in [0, 0.05) is 6.54 Å². The van der Waals surface area contributed by atoms with Crippen LogP contribution in [0.1, 0.15) is 57.7 Å². The van der Waals surface area contributed by atoms with E-state index < -0.39 is 72.8 Å². The van der Waals surface area contributed by atoms with E-state index in [9.17, 15) is 31.9 Å². The Balaban J connectivity index is 1.44. The lowest BCUT2D eigenvalue weighted by molar-refractivity contribution is -0.187. The lowest BCUT2D eigenvalue weighted by atomic mass is 9.71. The number of amides is 4. The van der Waals surface area contributed by atoms with E-state index in [0.29, 0.717) is 27.2 Å². The van der Waals surface area contributed by atoms with E-state index in [2.05, 4.69) is 5.32 Å². The third-order valence-corrected chi connectivity index (χ3v) is 8.88. The van der Waals surface area contributed by atoms with Crippen LogP contribution >= 0.6 is 0 Å². The Labute approximate surface area is 241 Å². The highest BCUT2D eigenvalue weighted by Gasteiger charge is 2.60. The van der Waals surface area contributed by atoms with Crippen molar-refractivity contribution in [3.05, 3.63) is 65.0 Å². The van der Waals surface area contributed by atoms with E-state index >= 15 is 0 Å². The van der Waals surface area contributed by atoms with Crippen LogP contribution in [0.5, 0.6) is 0 Å². The molecule has 224 valence electrons. The summed E-state index contributed by atoms with van der Waals surface area (Å²) in [4.78, 5) is 41.7. The minimum atomic E-state index is -4.78. The molecule has 1 spiro atoms. The molecule has 2 heterocycles. The fraction of sp³-hybridized carbons (Fsp3) is 0.483. The van der Waals surface area contributed by atoms with E-state index in [4.69, 9.17) is 9.31 Å². The maximum Gasteiger partial charge on any atom is 0.495 e. The molecule has 0 radical (unpaired) electrons. The second-order valence-corrected chi connectivity index (χ2v) is 12.1. The zero-order valence-electron chi connectivity index (χ0n) is 24.0. The second-order valence-electron chi connectivity index (χ2n) is 12.1. The maximum atomic E-state index is 14.0. The molecule has 0 unspecified atom stereocenters. The average molecular weight is 589 g/mol. The van der Waals surface area contributed by atoms with Crippen LogP contribution in [0.3, 0.4) is 0 Å². The molecule has 4 amide bonds. The maximum absolute atomic E-state index is 14.0. The molecule has 0 aromatic heterocycles. The summed E-state index contributed by atoms with van der Waals surface area (Å²) < 4.78 is 67.1. The summed E-state index contributed by atoms with van der Waals surface area (Å²) in [6.45, 7) is 6.98. The predicted molar refractivity (Wildman–Crippen MR) is 145 cm³/mol.